The van der Waals surface area contributed by atoms with E-state index in [0.717, 1.165) is 17.0 Å². The molecule has 28 heavy (non-hydrogen) atoms. The van der Waals surface area contributed by atoms with Gasteiger partial charge in [-0.1, -0.05) is 6.07 Å². The summed E-state index contributed by atoms with van der Waals surface area (Å²) in [5.41, 5.74) is -0.419. The zero-order chi connectivity index (χ0) is 20.5. The fourth-order valence-electron chi connectivity index (χ4n) is 2.62. The van der Waals surface area contributed by atoms with Gasteiger partial charge < -0.3 is 10.2 Å². The van der Waals surface area contributed by atoms with Crippen molar-refractivity contribution >= 4 is 28.5 Å². The molecule has 3 aromatic rings. The highest BCUT2D eigenvalue weighted by Crippen LogP contribution is 2.32. The first kappa shape index (κ1) is 19.3. The average Bonchev–Trinajstić information content (AvgIpc) is 2.65. The summed E-state index contributed by atoms with van der Waals surface area (Å²) in [5.74, 6) is -1.27. The summed E-state index contributed by atoms with van der Waals surface area (Å²) in [6.07, 6.45) is -1.79. The number of carbonyl (C=O) groups is 2. The van der Waals surface area contributed by atoms with Gasteiger partial charge in [0.2, 0.25) is 0 Å². The van der Waals surface area contributed by atoms with E-state index in [9.17, 15) is 22.8 Å². The Morgan fingerprint density at radius 1 is 1.04 bits per heavy atom. The molecule has 0 aliphatic rings. The Hall–Kier alpha value is -3.49. The van der Waals surface area contributed by atoms with E-state index in [2.05, 4.69) is 15.3 Å². The maximum absolute atomic E-state index is 13.2. The number of nitrogens with zero attached hydrogens (tertiary/aromatic N) is 3. The van der Waals surface area contributed by atoms with Crippen LogP contribution in [0, 0.1) is 0 Å². The predicted octanol–water partition coefficient (Wildman–Crippen LogP) is 3.60. The summed E-state index contributed by atoms with van der Waals surface area (Å²) in [6, 6.07) is 7.48. The van der Waals surface area contributed by atoms with E-state index >= 15 is 0 Å². The normalized spacial score (nSPS) is 11.3. The van der Waals surface area contributed by atoms with Gasteiger partial charge in [0.1, 0.15) is 5.52 Å². The second-order valence-corrected chi connectivity index (χ2v) is 6.18. The van der Waals surface area contributed by atoms with Crippen LogP contribution >= 0.6 is 0 Å². The van der Waals surface area contributed by atoms with Crippen LogP contribution in [0.3, 0.4) is 0 Å². The Labute approximate surface area is 158 Å². The molecule has 9 heteroatoms. The van der Waals surface area contributed by atoms with Crippen molar-refractivity contribution in [3.8, 4) is 0 Å². The lowest BCUT2D eigenvalue weighted by atomic mass is 10.1. The maximum Gasteiger partial charge on any atom is 0.416 e. The van der Waals surface area contributed by atoms with Crippen molar-refractivity contribution in [2.24, 2.45) is 0 Å². The number of halogens is 3. The lowest BCUT2D eigenvalue weighted by Gasteiger charge is -2.15. The van der Waals surface area contributed by atoms with Gasteiger partial charge in [-0.2, -0.15) is 13.2 Å². The van der Waals surface area contributed by atoms with Crippen LogP contribution in [0.15, 0.2) is 48.8 Å². The molecule has 0 aliphatic carbocycles. The number of rotatable bonds is 3. The molecule has 2 aromatic carbocycles. The van der Waals surface area contributed by atoms with Crippen molar-refractivity contribution in [3.63, 3.8) is 0 Å². The summed E-state index contributed by atoms with van der Waals surface area (Å²) in [4.78, 5) is 34.1. The third-order valence-corrected chi connectivity index (χ3v) is 3.91. The lowest BCUT2D eigenvalue weighted by Crippen LogP contribution is -2.23. The Morgan fingerprint density at radius 3 is 2.43 bits per heavy atom. The molecule has 0 saturated carbocycles. The molecule has 0 atom stereocenters. The molecular weight excluding hydrogens is 373 g/mol. The minimum atomic E-state index is -4.67. The number of hydrogen-bond acceptors (Lipinski definition) is 4. The van der Waals surface area contributed by atoms with E-state index < -0.39 is 23.6 Å². The van der Waals surface area contributed by atoms with Gasteiger partial charge in [-0.05, 0) is 30.3 Å². The van der Waals surface area contributed by atoms with Gasteiger partial charge in [0.15, 0.2) is 0 Å². The van der Waals surface area contributed by atoms with Gasteiger partial charge in [-0.25, -0.2) is 0 Å². The van der Waals surface area contributed by atoms with Crippen LogP contribution in [0.25, 0.3) is 11.0 Å². The second kappa shape index (κ2) is 7.26. The predicted molar refractivity (Wildman–Crippen MR) is 97.0 cm³/mol. The number of benzene rings is 2. The van der Waals surface area contributed by atoms with Crippen molar-refractivity contribution in [1.29, 1.82) is 0 Å². The number of alkyl halides is 3. The maximum atomic E-state index is 13.2. The summed E-state index contributed by atoms with van der Waals surface area (Å²) in [7, 11) is 2.85. The van der Waals surface area contributed by atoms with E-state index in [1.807, 2.05) is 0 Å². The molecule has 0 radical (unpaired) electrons. The van der Waals surface area contributed by atoms with E-state index in [1.54, 1.807) is 12.1 Å². The Balaban J connectivity index is 2.02. The lowest BCUT2D eigenvalue weighted by molar-refractivity contribution is -0.137. The van der Waals surface area contributed by atoms with Gasteiger partial charge in [-0.15, -0.1) is 0 Å². The Bertz CT molecular complexity index is 1060. The van der Waals surface area contributed by atoms with Crippen molar-refractivity contribution in [2.45, 2.75) is 6.18 Å². The number of aromatic nitrogens is 2. The summed E-state index contributed by atoms with van der Waals surface area (Å²) in [6.45, 7) is 0. The minimum absolute atomic E-state index is 0.147. The molecule has 0 bridgehead atoms. The molecule has 2 amide bonds. The zero-order valence-corrected chi connectivity index (χ0v) is 14.9. The highest BCUT2D eigenvalue weighted by atomic mass is 19.4. The largest absolute Gasteiger partial charge is 0.416 e. The second-order valence-electron chi connectivity index (χ2n) is 6.18. The number of fused-ring (bicyclic) bond motifs is 1. The summed E-state index contributed by atoms with van der Waals surface area (Å²) >= 11 is 0. The number of amides is 2. The van der Waals surface area contributed by atoms with Gasteiger partial charge >= 0.3 is 6.18 Å². The standard InChI is InChI=1S/C19H15F3N4O2/c1-26(2)18(28)11-8-12(19(20,21)22)10-13(9-11)25-17(27)14-4-3-5-15-16(14)24-7-6-23-15/h3-10H,1-2H3,(H,25,27). The van der Waals surface area contributed by atoms with Crippen LogP contribution in [0.5, 0.6) is 0 Å². The van der Waals surface area contributed by atoms with E-state index in [0.29, 0.717) is 11.0 Å². The highest BCUT2D eigenvalue weighted by Gasteiger charge is 2.32. The van der Waals surface area contributed by atoms with E-state index in [1.165, 1.54) is 38.6 Å². The SMILES string of the molecule is CN(C)C(=O)c1cc(NC(=O)c2cccc3nccnc23)cc(C(F)(F)F)c1. The molecule has 0 unspecified atom stereocenters. The fourth-order valence-corrected chi connectivity index (χ4v) is 2.62. The molecule has 0 fully saturated rings. The summed E-state index contributed by atoms with van der Waals surface area (Å²) in [5, 5.41) is 2.42. The van der Waals surface area contributed by atoms with Crippen LogP contribution in [0.1, 0.15) is 26.3 Å². The quantitative estimate of drug-likeness (QED) is 0.744. The van der Waals surface area contributed by atoms with Crippen LogP contribution in [-0.2, 0) is 6.18 Å². The number of para-hydroxylation sites is 1. The topological polar surface area (TPSA) is 75.2 Å². The first-order valence-corrected chi connectivity index (χ1v) is 8.12. The number of carbonyl (C=O) groups excluding carboxylic acids is 2. The van der Waals surface area contributed by atoms with Crippen LogP contribution in [0.4, 0.5) is 18.9 Å². The van der Waals surface area contributed by atoms with Crippen molar-refractivity contribution in [3.05, 3.63) is 65.5 Å². The molecule has 1 heterocycles. The van der Waals surface area contributed by atoms with Gasteiger partial charge in [-0.3, -0.25) is 19.6 Å². The molecule has 1 N–H and O–H groups in total. The van der Waals surface area contributed by atoms with Crippen molar-refractivity contribution in [1.82, 2.24) is 14.9 Å². The van der Waals surface area contributed by atoms with Crippen molar-refractivity contribution in [2.75, 3.05) is 19.4 Å². The first-order valence-electron chi connectivity index (χ1n) is 8.12. The van der Waals surface area contributed by atoms with Crippen LogP contribution < -0.4 is 5.32 Å². The minimum Gasteiger partial charge on any atom is -0.345 e. The molecule has 0 spiro atoms. The monoisotopic (exact) mass is 388 g/mol. The van der Waals surface area contributed by atoms with Gasteiger partial charge in [0.25, 0.3) is 11.8 Å². The van der Waals surface area contributed by atoms with Crippen LogP contribution in [-0.4, -0.2) is 40.8 Å². The molecule has 6 nitrogen and oxygen atoms in total. The molecule has 1 aromatic heterocycles. The van der Waals surface area contributed by atoms with E-state index in [-0.39, 0.29) is 16.8 Å². The molecule has 3 rings (SSSR count). The summed E-state index contributed by atoms with van der Waals surface area (Å²) < 4.78 is 39.7. The van der Waals surface area contributed by atoms with Crippen molar-refractivity contribution < 1.29 is 22.8 Å². The zero-order valence-electron chi connectivity index (χ0n) is 14.9. The number of hydrogen-bond donors (Lipinski definition) is 1. The molecule has 0 saturated heterocycles. The highest BCUT2D eigenvalue weighted by molar-refractivity contribution is 6.11. The number of anilines is 1. The van der Waals surface area contributed by atoms with Gasteiger partial charge in [0, 0.05) is 37.7 Å². The first-order chi connectivity index (χ1) is 13.2. The third kappa shape index (κ3) is 3.93. The Kier molecular flexibility index (Phi) is 5.00. The van der Waals surface area contributed by atoms with Crippen LogP contribution in [0.2, 0.25) is 0 Å². The molecular formula is C19H15F3N4O2. The molecule has 0 aliphatic heterocycles. The third-order valence-electron chi connectivity index (χ3n) is 3.91. The van der Waals surface area contributed by atoms with Gasteiger partial charge in [0.05, 0.1) is 16.6 Å². The molecule has 144 valence electrons. The number of nitrogens with one attached hydrogen (secondary N) is 1. The smallest absolute Gasteiger partial charge is 0.345 e. The average molecular weight is 388 g/mol. The fraction of sp³-hybridized carbons (Fsp3) is 0.158. The Morgan fingerprint density at radius 2 is 1.75 bits per heavy atom. The van der Waals surface area contributed by atoms with E-state index in [4.69, 9.17) is 0 Å².